The Morgan fingerprint density at radius 1 is 1.27 bits per heavy atom. The van der Waals surface area contributed by atoms with Gasteiger partial charge in [0.15, 0.2) is 0 Å². The summed E-state index contributed by atoms with van der Waals surface area (Å²) in [6.45, 7) is 3.67. The Hall–Kier alpha value is -0.860. The third kappa shape index (κ3) is 3.16. The predicted molar refractivity (Wildman–Crippen MR) is 46.0 cm³/mol. The minimum Gasteiger partial charge on any atom is -0.236 e. The van der Waals surface area contributed by atoms with Crippen LogP contribution in [0.3, 0.4) is 0 Å². The summed E-state index contributed by atoms with van der Waals surface area (Å²) in [6.07, 6.45) is 0. The maximum absolute atomic E-state index is 4.02. The molecule has 1 aromatic rings. The van der Waals surface area contributed by atoms with Crippen LogP contribution < -0.4 is 10.9 Å². The van der Waals surface area contributed by atoms with E-state index in [1.165, 1.54) is 5.56 Å². The number of benzene rings is 1. The average Bonchev–Trinajstić information content (AvgIpc) is 2.07. The van der Waals surface area contributed by atoms with E-state index in [0.29, 0.717) is 0 Å². The molecule has 0 spiro atoms. The quantitative estimate of drug-likeness (QED) is 0.507. The summed E-state index contributed by atoms with van der Waals surface area (Å²) < 4.78 is 0. The van der Waals surface area contributed by atoms with Gasteiger partial charge in [-0.15, -0.1) is 0 Å². The third-order valence-electron chi connectivity index (χ3n) is 1.40. The highest BCUT2D eigenvalue weighted by molar-refractivity contribution is 5.13. The molecule has 11 heavy (non-hydrogen) atoms. The lowest BCUT2D eigenvalue weighted by molar-refractivity contribution is 0.537. The number of hydrogen-bond donors (Lipinski definition) is 1. The maximum Gasteiger partial charge on any atom is 0.0367 e. The fraction of sp³-hybridized carbons (Fsp3) is 0.333. The van der Waals surface area contributed by atoms with Crippen LogP contribution in [-0.2, 0) is 6.54 Å². The molecular weight excluding hydrogens is 136 g/mol. The highest BCUT2D eigenvalue weighted by Gasteiger charge is 1.87. The highest BCUT2D eigenvalue weighted by atomic mass is 15.3. The van der Waals surface area contributed by atoms with Crippen molar-refractivity contribution in [2.24, 2.45) is 0 Å². The van der Waals surface area contributed by atoms with E-state index in [1.807, 2.05) is 25.1 Å². The van der Waals surface area contributed by atoms with E-state index in [1.54, 1.807) is 0 Å². The topological polar surface area (TPSA) is 26.1 Å². The van der Waals surface area contributed by atoms with Crippen LogP contribution in [0.2, 0.25) is 0 Å². The molecule has 2 heteroatoms. The second-order valence-electron chi connectivity index (χ2n) is 2.29. The minimum atomic E-state index is 0.826. The van der Waals surface area contributed by atoms with Crippen molar-refractivity contribution >= 4 is 0 Å². The molecule has 2 nitrogen and oxygen atoms in total. The molecule has 0 saturated carbocycles. The lowest BCUT2D eigenvalue weighted by Gasteiger charge is -2.01. The minimum absolute atomic E-state index is 0.826. The third-order valence-corrected chi connectivity index (χ3v) is 1.40. The summed E-state index contributed by atoms with van der Waals surface area (Å²) in [5.41, 5.74) is 8.26. The average molecular weight is 149 g/mol. The molecule has 0 aliphatic rings. The lowest BCUT2D eigenvalue weighted by atomic mass is 10.2. The molecule has 0 aliphatic heterocycles. The monoisotopic (exact) mass is 149 g/mol. The van der Waals surface area contributed by atoms with Crippen LogP contribution in [0.15, 0.2) is 30.3 Å². The van der Waals surface area contributed by atoms with E-state index in [4.69, 9.17) is 0 Å². The van der Waals surface area contributed by atoms with Crippen LogP contribution in [0, 0.1) is 0 Å². The van der Waals surface area contributed by atoms with Gasteiger partial charge in [-0.3, -0.25) is 0 Å². The lowest BCUT2D eigenvalue weighted by Crippen LogP contribution is -2.23. The smallest absolute Gasteiger partial charge is 0.0367 e. The number of rotatable bonds is 4. The molecule has 0 fully saturated rings. The molecule has 1 rings (SSSR count). The molecule has 0 aromatic heterocycles. The largest absolute Gasteiger partial charge is 0.236 e. The zero-order valence-electron chi connectivity index (χ0n) is 6.75. The van der Waals surface area contributed by atoms with Crippen LogP contribution in [-0.4, -0.2) is 6.54 Å². The Morgan fingerprint density at radius 2 is 2.00 bits per heavy atom. The first-order valence-corrected chi connectivity index (χ1v) is 3.86. The molecule has 1 aromatic carbocycles. The van der Waals surface area contributed by atoms with E-state index < -0.39 is 0 Å². The highest BCUT2D eigenvalue weighted by Crippen LogP contribution is 1.95. The van der Waals surface area contributed by atoms with Gasteiger partial charge < -0.3 is 0 Å². The van der Waals surface area contributed by atoms with E-state index in [9.17, 15) is 0 Å². The molecule has 0 unspecified atom stereocenters. The molecule has 0 aliphatic carbocycles. The molecular formula is C9H13N2. The summed E-state index contributed by atoms with van der Waals surface area (Å²) in [7, 11) is 0. The van der Waals surface area contributed by atoms with Crippen molar-refractivity contribution in [1.29, 1.82) is 0 Å². The first-order chi connectivity index (χ1) is 5.43. The summed E-state index contributed by atoms with van der Waals surface area (Å²) in [6, 6.07) is 10.2. The van der Waals surface area contributed by atoms with Crippen LogP contribution in [0.25, 0.3) is 0 Å². The van der Waals surface area contributed by atoms with Crippen LogP contribution >= 0.6 is 0 Å². The SMILES string of the molecule is CC[N]NCc1ccccc1. The molecule has 1 N–H and O–H groups in total. The normalized spacial score (nSPS) is 9.91. The zero-order valence-corrected chi connectivity index (χ0v) is 6.75. The molecule has 0 bridgehead atoms. The Balaban J connectivity index is 2.28. The summed E-state index contributed by atoms with van der Waals surface area (Å²) >= 11 is 0. The fourth-order valence-corrected chi connectivity index (χ4v) is 0.855. The van der Waals surface area contributed by atoms with E-state index in [0.717, 1.165) is 13.1 Å². The van der Waals surface area contributed by atoms with Crippen molar-refractivity contribution in [2.45, 2.75) is 13.5 Å². The molecule has 0 atom stereocenters. The van der Waals surface area contributed by atoms with Crippen LogP contribution in [0.1, 0.15) is 12.5 Å². The first-order valence-electron chi connectivity index (χ1n) is 3.86. The van der Waals surface area contributed by atoms with Crippen molar-refractivity contribution < 1.29 is 0 Å². The van der Waals surface area contributed by atoms with Gasteiger partial charge in [0, 0.05) is 13.1 Å². The second kappa shape index (κ2) is 4.88. The maximum atomic E-state index is 4.02. The van der Waals surface area contributed by atoms with Gasteiger partial charge in [0.25, 0.3) is 0 Å². The summed E-state index contributed by atoms with van der Waals surface area (Å²) in [5, 5.41) is 0. The van der Waals surface area contributed by atoms with Crippen molar-refractivity contribution in [2.75, 3.05) is 6.54 Å². The van der Waals surface area contributed by atoms with Gasteiger partial charge in [0.2, 0.25) is 0 Å². The first kappa shape index (κ1) is 8.24. The predicted octanol–water partition coefficient (Wildman–Crippen LogP) is 1.32. The van der Waals surface area contributed by atoms with E-state index >= 15 is 0 Å². The Labute approximate surface area is 67.6 Å². The zero-order chi connectivity index (χ0) is 7.94. The molecule has 59 valence electrons. The molecule has 0 amide bonds. The number of hydrogen-bond acceptors (Lipinski definition) is 1. The van der Waals surface area contributed by atoms with Crippen molar-refractivity contribution in [3.05, 3.63) is 35.9 Å². The van der Waals surface area contributed by atoms with Crippen LogP contribution in [0.4, 0.5) is 0 Å². The number of nitrogens with zero attached hydrogens (tertiary/aromatic N) is 1. The van der Waals surface area contributed by atoms with Gasteiger partial charge in [0.05, 0.1) is 0 Å². The number of nitrogens with one attached hydrogen (secondary N) is 1. The van der Waals surface area contributed by atoms with Crippen LogP contribution in [0.5, 0.6) is 0 Å². The van der Waals surface area contributed by atoms with Gasteiger partial charge >= 0.3 is 0 Å². The summed E-state index contributed by atoms with van der Waals surface area (Å²) in [5.74, 6) is 0. The Bertz CT molecular complexity index is 184. The standard InChI is InChI=1S/C9H13N2/c1-2-10-11-8-9-6-4-3-5-7-9/h3-7,11H,2,8H2,1H3. The van der Waals surface area contributed by atoms with Crippen molar-refractivity contribution in [3.63, 3.8) is 0 Å². The van der Waals surface area contributed by atoms with Gasteiger partial charge in [-0.2, -0.15) is 5.43 Å². The van der Waals surface area contributed by atoms with Gasteiger partial charge in [-0.05, 0) is 12.5 Å². The second-order valence-corrected chi connectivity index (χ2v) is 2.29. The van der Waals surface area contributed by atoms with Crippen molar-refractivity contribution in [3.8, 4) is 0 Å². The van der Waals surface area contributed by atoms with Gasteiger partial charge in [0.1, 0.15) is 0 Å². The Kier molecular flexibility index (Phi) is 3.65. The fourth-order valence-electron chi connectivity index (χ4n) is 0.855. The van der Waals surface area contributed by atoms with Gasteiger partial charge in [-0.1, -0.05) is 30.3 Å². The molecule has 1 radical (unpaired) electrons. The van der Waals surface area contributed by atoms with E-state index in [-0.39, 0.29) is 0 Å². The summed E-state index contributed by atoms with van der Waals surface area (Å²) in [4.78, 5) is 0. The Morgan fingerprint density at radius 3 is 2.64 bits per heavy atom. The molecule has 0 saturated heterocycles. The molecule has 0 heterocycles. The van der Waals surface area contributed by atoms with E-state index in [2.05, 4.69) is 23.0 Å². The van der Waals surface area contributed by atoms with Crippen molar-refractivity contribution in [1.82, 2.24) is 10.9 Å². The van der Waals surface area contributed by atoms with Gasteiger partial charge in [-0.25, -0.2) is 5.43 Å².